The summed E-state index contributed by atoms with van der Waals surface area (Å²) in [5.74, 6) is 8.58. The third kappa shape index (κ3) is 3.86. The minimum Gasteiger partial charge on any atom is -0.0651 e. The van der Waals surface area contributed by atoms with Crippen LogP contribution < -0.4 is 0 Å². The maximum atomic E-state index is 2.73. The quantitative estimate of drug-likeness (QED) is 0.378. The second-order valence-electron chi connectivity index (χ2n) is 12.7. The Bertz CT molecular complexity index is 518. The van der Waals surface area contributed by atoms with Gasteiger partial charge < -0.3 is 0 Å². The van der Waals surface area contributed by atoms with Crippen LogP contribution in [-0.4, -0.2) is 0 Å². The molecule has 2 aliphatic carbocycles. The van der Waals surface area contributed by atoms with Gasteiger partial charge in [-0.25, -0.2) is 0 Å². The Morgan fingerprint density at radius 3 is 1.90 bits per heavy atom. The molecule has 0 aromatic rings. The highest BCUT2D eigenvalue weighted by atomic mass is 14.7. The molecule has 2 rings (SSSR count). The van der Waals surface area contributed by atoms with Crippen molar-refractivity contribution in [3.8, 4) is 0 Å². The van der Waals surface area contributed by atoms with Crippen LogP contribution >= 0.6 is 0 Å². The van der Waals surface area contributed by atoms with Crippen molar-refractivity contribution in [3.63, 3.8) is 0 Å². The van der Waals surface area contributed by atoms with Gasteiger partial charge in [-0.1, -0.05) is 95.9 Å². The van der Waals surface area contributed by atoms with E-state index < -0.39 is 0 Å². The third-order valence-electron chi connectivity index (χ3n) is 11.2. The highest BCUT2D eigenvalue weighted by Gasteiger charge is 2.65. The normalized spacial score (nSPS) is 44.9. The van der Waals surface area contributed by atoms with E-state index >= 15 is 0 Å². The summed E-state index contributed by atoms with van der Waals surface area (Å²) in [6, 6.07) is 0. The van der Waals surface area contributed by atoms with Gasteiger partial charge in [0.1, 0.15) is 0 Å². The van der Waals surface area contributed by atoms with E-state index in [1.807, 2.05) is 0 Å². The molecular formula is C29H56. The van der Waals surface area contributed by atoms with Crippen molar-refractivity contribution in [1.29, 1.82) is 0 Å². The zero-order chi connectivity index (χ0) is 22.3. The fraction of sp³-hybridized carbons (Fsp3) is 1.00. The van der Waals surface area contributed by atoms with Crippen LogP contribution in [0.1, 0.15) is 115 Å². The molecule has 172 valence electrons. The Balaban J connectivity index is 2.62. The molecule has 0 amide bonds. The first kappa shape index (κ1) is 25.3. The minimum absolute atomic E-state index is 0.507. The lowest BCUT2D eigenvalue weighted by molar-refractivity contribution is -0.145. The fourth-order valence-corrected chi connectivity index (χ4v) is 9.79. The fourth-order valence-electron chi connectivity index (χ4n) is 9.79. The highest BCUT2D eigenvalue weighted by Crippen LogP contribution is 2.71. The minimum atomic E-state index is 0.507. The molecule has 29 heavy (non-hydrogen) atoms. The van der Waals surface area contributed by atoms with Gasteiger partial charge in [0.25, 0.3) is 0 Å². The van der Waals surface area contributed by atoms with Crippen LogP contribution in [0.5, 0.6) is 0 Å². The van der Waals surface area contributed by atoms with E-state index in [1.54, 1.807) is 0 Å². The van der Waals surface area contributed by atoms with Gasteiger partial charge in [-0.05, 0) is 89.3 Å². The maximum Gasteiger partial charge on any atom is -0.0215 e. The first-order chi connectivity index (χ1) is 13.4. The van der Waals surface area contributed by atoms with Crippen molar-refractivity contribution in [3.05, 3.63) is 0 Å². The van der Waals surface area contributed by atoms with Gasteiger partial charge in [0.05, 0.1) is 0 Å². The molecule has 2 aliphatic rings. The predicted octanol–water partition coefficient (Wildman–Crippen LogP) is 9.34. The molecule has 10 unspecified atom stereocenters. The Morgan fingerprint density at radius 2 is 1.48 bits per heavy atom. The maximum absolute atomic E-state index is 2.73. The Morgan fingerprint density at radius 1 is 0.897 bits per heavy atom. The lowest BCUT2D eigenvalue weighted by Gasteiger charge is -2.63. The van der Waals surface area contributed by atoms with Crippen LogP contribution in [0.3, 0.4) is 0 Å². The van der Waals surface area contributed by atoms with Gasteiger partial charge in [0.2, 0.25) is 0 Å². The molecule has 0 radical (unpaired) electrons. The molecule has 0 aromatic carbocycles. The van der Waals surface area contributed by atoms with Crippen molar-refractivity contribution in [1.82, 2.24) is 0 Å². The smallest absolute Gasteiger partial charge is 0.0215 e. The summed E-state index contributed by atoms with van der Waals surface area (Å²) in [6.07, 6.45) is 7.05. The summed E-state index contributed by atoms with van der Waals surface area (Å²) in [5.41, 5.74) is 1.06. The van der Waals surface area contributed by atoms with E-state index in [9.17, 15) is 0 Å². The Labute approximate surface area is 185 Å². The number of hydrogen-bond donors (Lipinski definition) is 0. The Hall–Kier alpha value is 0. The molecule has 0 aromatic heterocycles. The van der Waals surface area contributed by atoms with Crippen molar-refractivity contribution < 1.29 is 0 Å². The van der Waals surface area contributed by atoms with Crippen LogP contribution in [0.15, 0.2) is 0 Å². The highest BCUT2D eigenvalue weighted by molar-refractivity contribution is 5.13. The lowest BCUT2D eigenvalue weighted by Crippen LogP contribution is -2.56. The first-order valence-corrected chi connectivity index (χ1v) is 13.4. The van der Waals surface area contributed by atoms with Crippen LogP contribution in [0.4, 0.5) is 0 Å². The van der Waals surface area contributed by atoms with Gasteiger partial charge in [0, 0.05) is 0 Å². The topological polar surface area (TPSA) is 0 Å². The average molecular weight is 405 g/mol. The molecule has 0 heteroatoms. The molecule has 0 saturated heterocycles. The molecule has 0 N–H and O–H groups in total. The second kappa shape index (κ2) is 9.24. The van der Waals surface area contributed by atoms with Crippen molar-refractivity contribution in [2.45, 2.75) is 115 Å². The number of hydrogen-bond acceptors (Lipinski definition) is 0. The molecule has 0 heterocycles. The molecule has 0 spiro atoms. The summed E-state index contributed by atoms with van der Waals surface area (Å²) in [7, 11) is 0. The standard InChI is InChI=1S/C29H56/c1-13-25-21(9)27-23(11)29(15-3,22(10)20(8)19(6)7)24(16-18(4)5)17-28(27,12)26(25)14-2/h18-27H,13-17H2,1-12H3. The van der Waals surface area contributed by atoms with E-state index in [1.165, 1.54) is 32.1 Å². The van der Waals surface area contributed by atoms with Crippen molar-refractivity contribution in [2.75, 3.05) is 0 Å². The van der Waals surface area contributed by atoms with E-state index in [2.05, 4.69) is 83.1 Å². The van der Waals surface area contributed by atoms with Gasteiger partial charge in [0.15, 0.2) is 0 Å². The van der Waals surface area contributed by atoms with E-state index in [0.717, 1.165) is 59.2 Å². The van der Waals surface area contributed by atoms with Crippen LogP contribution in [0.2, 0.25) is 0 Å². The number of fused-ring (bicyclic) bond motifs is 1. The molecule has 0 aliphatic heterocycles. The lowest BCUT2D eigenvalue weighted by atomic mass is 9.42. The van der Waals surface area contributed by atoms with Gasteiger partial charge in [-0.2, -0.15) is 0 Å². The van der Waals surface area contributed by atoms with Crippen molar-refractivity contribution in [2.24, 2.45) is 70.0 Å². The van der Waals surface area contributed by atoms with Crippen LogP contribution in [-0.2, 0) is 0 Å². The predicted molar refractivity (Wildman–Crippen MR) is 131 cm³/mol. The summed E-state index contributed by atoms with van der Waals surface area (Å²) in [5, 5.41) is 0. The zero-order valence-corrected chi connectivity index (χ0v) is 22.3. The largest absolute Gasteiger partial charge is 0.0651 e. The summed E-state index contributed by atoms with van der Waals surface area (Å²) in [4.78, 5) is 0. The summed E-state index contributed by atoms with van der Waals surface area (Å²) in [6.45, 7) is 30.7. The monoisotopic (exact) mass is 404 g/mol. The van der Waals surface area contributed by atoms with E-state index in [-0.39, 0.29) is 0 Å². The van der Waals surface area contributed by atoms with Gasteiger partial charge >= 0.3 is 0 Å². The molecule has 2 saturated carbocycles. The van der Waals surface area contributed by atoms with Crippen LogP contribution in [0.25, 0.3) is 0 Å². The van der Waals surface area contributed by atoms with Gasteiger partial charge in [-0.15, -0.1) is 0 Å². The first-order valence-electron chi connectivity index (χ1n) is 13.4. The third-order valence-corrected chi connectivity index (χ3v) is 11.2. The van der Waals surface area contributed by atoms with Crippen LogP contribution in [0, 0.1) is 70.0 Å². The SMILES string of the molecule is CCC1C(C)C2C(C)C(CC)(C(C)C(C)C(C)C)C(CC(C)C)CC2(C)C1CC. The molecule has 0 bridgehead atoms. The molecule has 10 atom stereocenters. The molecular weight excluding hydrogens is 348 g/mol. The second-order valence-corrected chi connectivity index (χ2v) is 12.7. The van der Waals surface area contributed by atoms with E-state index in [0.29, 0.717) is 10.8 Å². The van der Waals surface area contributed by atoms with Gasteiger partial charge in [-0.3, -0.25) is 0 Å². The molecule has 0 nitrogen and oxygen atoms in total. The summed E-state index contributed by atoms with van der Waals surface area (Å²) < 4.78 is 0. The Kier molecular flexibility index (Phi) is 8.05. The molecule has 2 fully saturated rings. The average Bonchev–Trinajstić information content (AvgIpc) is 2.86. The van der Waals surface area contributed by atoms with E-state index in [4.69, 9.17) is 0 Å². The summed E-state index contributed by atoms with van der Waals surface area (Å²) >= 11 is 0. The number of rotatable bonds is 8. The zero-order valence-electron chi connectivity index (χ0n) is 22.3. The van der Waals surface area contributed by atoms with Crippen molar-refractivity contribution >= 4 is 0 Å².